The quantitative estimate of drug-likeness (QED) is 0.785. The second-order valence-electron chi connectivity index (χ2n) is 4.27. The Morgan fingerprint density at radius 2 is 1.89 bits per heavy atom. The maximum absolute atomic E-state index is 12.2. The highest BCUT2D eigenvalue weighted by molar-refractivity contribution is 9.11. The summed E-state index contributed by atoms with van der Waals surface area (Å²) in [6.45, 7) is 0. The number of carbonyl (C=O) groups excluding carboxylic acids is 1. The molecule has 92 valence electrons. The van der Waals surface area contributed by atoms with Crippen molar-refractivity contribution in [2.45, 2.75) is 18.9 Å². The van der Waals surface area contributed by atoms with E-state index in [1.807, 2.05) is 36.4 Å². The van der Waals surface area contributed by atoms with Crippen LogP contribution in [0, 0.1) is 0 Å². The van der Waals surface area contributed by atoms with Crippen LogP contribution in [0.1, 0.15) is 28.1 Å². The number of benzene rings is 1. The topological polar surface area (TPSA) is 26.3 Å². The molecule has 0 aliphatic heterocycles. The fraction of sp³-hybridized carbons (Fsp3) is 0.214. The van der Waals surface area contributed by atoms with E-state index in [0.29, 0.717) is 11.7 Å². The van der Waals surface area contributed by atoms with Crippen molar-refractivity contribution < 1.29 is 9.53 Å². The lowest BCUT2D eigenvalue weighted by Gasteiger charge is -2.04. The number of halogens is 1. The van der Waals surface area contributed by atoms with Crippen molar-refractivity contribution in [1.82, 2.24) is 0 Å². The zero-order chi connectivity index (χ0) is 12.5. The van der Waals surface area contributed by atoms with E-state index in [1.54, 1.807) is 0 Å². The molecule has 0 radical (unpaired) electrons. The van der Waals surface area contributed by atoms with Crippen LogP contribution < -0.4 is 4.74 Å². The van der Waals surface area contributed by atoms with Crippen LogP contribution >= 0.6 is 27.3 Å². The molecule has 0 unspecified atom stereocenters. The molecule has 3 rings (SSSR count). The van der Waals surface area contributed by atoms with Gasteiger partial charge in [0, 0.05) is 5.56 Å². The highest BCUT2D eigenvalue weighted by Gasteiger charge is 2.23. The maximum Gasteiger partial charge on any atom is 0.202 e. The fourth-order valence-corrected chi connectivity index (χ4v) is 2.99. The van der Waals surface area contributed by atoms with Gasteiger partial charge in [-0.15, -0.1) is 11.3 Å². The lowest BCUT2D eigenvalue weighted by Crippen LogP contribution is -1.99. The number of rotatable bonds is 4. The van der Waals surface area contributed by atoms with Crippen LogP contribution in [0.3, 0.4) is 0 Å². The van der Waals surface area contributed by atoms with Crippen molar-refractivity contribution in [3.8, 4) is 5.75 Å². The summed E-state index contributed by atoms with van der Waals surface area (Å²) in [5.41, 5.74) is 0.701. The van der Waals surface area contributed by atoms with Crippen LogP contribution in [0.4, 0.5) is 0 Å². The minimum absolute atomic E-state index is 0.0590. The molecule has 0 N–H and O–H groups in total. The van der Waals surface area contributed by atoms with Gasteiger partial charge in [0.15, 0.2) is 0 Å². The number of ether oxygens (including phenoxy) is 1. The second-order valence-corrected chi connectivity index (χ2v) is 6.74. The van der Waals surface area contributed by atoms with Gasteiger partial charge < -0.3 is 4.74 Å². The van der Waals surface area contributed by atoms with Gasteiger partial charge in [-0.2, -0.15) is 0 Å². The molecule has 0 amide bonds. The molecule has 0 spiro atoms. The molecule has 1 aliphatic carbocycles. The van der Waals surface area contributed by atoms with Crippen molar-refractivity contribution >= 4 is 33.0 Å². The van der Waals surface area contributed by atoms with Crippen LogP contribution in [0.2, 0.25) is 0 Å². The summed E-state index contributed by atoms with van der Waals surface area (Å²) in [7, 11) is 0. The van der Waals surface area contributed by atoms with Gasteiger partial charge in [-0.1, -0.05) is 0 Å². The van der Waals surface area contributed by atoms with Crippen molar-refractivity contribution in [3.63, 3.8) is 0 Å². The lowest BCUT2D eigenvalue weighted by atomic mass is 10.1. The Bertz CT molecular complexity index is 570. The number of carbonyl (C=O) groups is 1. The predicted molar refractivity (Wildman–Crippen MR) is 75.5 cm³/mol. The van der Waals surface area contributed by atoms with Gasteiger partial charge >= 0.3 is 0 Å². The van der Waals surface area contributed by atoms with E-state index in [-0.39, 0.29) is 5.78 Å². The Morgan fingerprint density at radius 3 is 2.44 bits per heavy atom. The van der Waals surface area contributed by atoms with Gasteiger partial charge in [0.2, 0.25) is 5.78 Å². The average Bonchev–Trinajstić information content (AvgIpc) is 3.09. The normalized spacial score (nSPS) is 14.5. The van der Waals surface area contributed by atoms with E-state index >= 15 is 0 Å². The van der Waals surface area contributed by atoms with Gasteiger partial charge in [-0.05, 0) is 65.2 Å². The second kappa shape index (κ2) is 4.86. The average molecular weight is 323 g/mol. The van der Waals surface area contributed by atoms with Crippen molar-refractivity contribution in [2.24, 2.45) is 0 Å². The standard InChI is InChI=1S/C14H11BrO2S/c15-13-8-7-12(18-13)14(16)9-1-3-10(4-2-9)17-11-5-6-11/h1-4,7-8,11H,5-6H2. The van der Waals surface area contributed by atoms with E-state index < -0.39 is 0 Å². The molecule has 1 aliphatic rings. The molecule has 2 aromatic rings. The predicted octanol–water partition coefficient (Wildman–Crippen LogP) is 4.28. The van der Waals surface area contributed by atoms with Crippen LogP contribution in [0.5, 0.6) is 5.75 Å². The molecular weight excluding hydrogens is 312 g/mol. The van der Waals surface area contributed by atoms with Crippen molar-refractivity contribution in [1.29, 1.82) is 0 Å². The molecule has 1 heterocycles. The van der Waals surface area contributed by atoms with Crippen LogP contribution in [-0.2, 0) is 0 Å². The summed E-state index contributed by atoms with van der Waals surface area (Å²) in [4.78, 5) is 12.9. The molecular formula is C14H11BrO2S. The minimum Gasteiger partial charge on any atom is -0.490 e. The molecule has 18 heavy (non-hydrogen) atoms. The first kappa shape index (κ1) is 11.9. The SMILES string of the molecule is O=C(c1ccc(OC2CC2)cc1)c1ccc(Br)s1. The molecule has 1 fully saturated rings. The lowest BCUT2D eigenvalue weighted by molar-refractivity contribution is 0.104. The smallest absolute Gasteiger partial charge is 0.202 e. The first-order valence-corrected chi connectivity index (χ1v) is 7.40. The summed E-state index contributed by atoms with van der Waals surface area (Å²) >= 11 is 4.82. The largest absolute Gasteiger partial charge is 0.490 e. The molecule has 0 bridgehead atoms. The number of hydrogen-bond donors (Lipinski definition) is 0. The summed E-state index contributed by atoms with van der Waals surface area (Å²) in [5, 5.41) is 0. The van der Waals surface area contributed by atoms with Crippen LogP contribution in [-0.4, -0.2) is 11.9 Å². The zero-order valence-electron chi connectivity index (χ0n) is 9.56. The van der Waals surface area contributed by atoms with E-state index in [2.05, 4.69) is 15.9 Å². The molecule has 1 saturated carbocycles. The Morgan fingerprint density at radius 1 is 1.17 bits per heavy atom. The number of hydrogen-bond acceptors (Lipinski definition) is 3. The summed E-state index contributed by atoms with van der Waals surface area (Å²) in [6, 6.07) is 11.1. The Balaban J connectivity index is 1.77. The van der Waals surface area contributed by atoms with Crippen LogP contribution in [0.25, 0.3) is 0 Å². The highest BCUT2D eigenvalue weighted by atomic mass is 79.9. The molecule has 1 aromatic carbocycles. The Kier molecular flexibility index (Phi) is 3.22. The van der Waals surface area contributed by atoms with E-state index in [1.165, 1.54) is 11.3 Å². The summed E-state index contributed by atoms with van der Waals surface area (Å²) in [6.07, 6.45) is 2.67. The first-order valence-electron chi connectivity index (χ1n) is 5.79. The van der Waals surface area contributed by atoms with Crippen molar-refractivity contribution in [2.75, 3.05) is 0 Å². The third kappa shape index (κ3) is 2.65. The molecule has 0 atom stereocenters. The number of ketones is 1. The monoisotopic (exact) mass is 322 g/mol. The highest BCUT2D eigenvalue weighted by Crippen LogP contribution is 2.28. The number of thiophene rings is 1. The third-order valence-corrected chi connectivity index (χ3v) is 4.36. The first-order chi connectivity index (χ1) is 8.72. The zero-order valence-corrected chi connectivity index (χ0v) is 12.0. The van der Waals surface area contributed by atoms with Crippen LogP contribution in [0.15, 0.2) is 40.2 Å². The minimum atomic E-state index is 0.0590. The van der Waals surface area contributed by atoms with E-state index in [0.717, 1.165) is 27.3 Å². The van der Waals surface area contributed by atoms with Crippen molar-refractivity contribution in [3.05, 3.63) is 50.6 Å². The summed E-state index contributed by atoms with van der Waals surface area (Å²) in [5.74, 6) is 0.907. The molecule has 1 aromatic heterocycles. The fourth-order valence-electron chi connectivity index (χ4n) is 1.64. The van der Waals surface area contributed by atoms with Gasteiger partial charge in [-0.25, -0.2) is 0 Å². The van der Waals surface area contributed by atoms with Gasteiger partial charge in [0.05, 0.1) is 14.8 Å². The molecule has 4 heteroatoms. The van der Waals surface area contributed by atoms with Gasteiger partial charge in [-0.3, -0.25) is 4.79 Å². The summed E-state index contributed by atoms with van der Waals surface area (Å²) < 4.78 is 6.63. The molecule has 2 nitrogen and oxygen atoms in total. The maximum atomic E-state index is 12.2. The third-order valence-electron chi connectivity index (χ3n) is 2.74. The Hall–Kier alpha value is -1.13. The molecule has 0 saturated heterocycles. The Labute approximate surface area is 118 Å². The van der Waals surface area contributed by atoms with E-state index in [4.69, 9.17) is 4.74 Å². The van der Waals surface area contributed by atoms with E-state index in [9.17, 15) is 4.79 Å². The van der Waals surface area contributed by atoms with Gasteiger partial charge in [0.1, 0.15) is 5.75 Å². The van der Waals surface area contributed by atoms with Gasteiger partial charge in [0.25, 0.3) is 0 Å².